The lowest BCUT2D eigenvalue weighted by Gasteiger charge is -2.17. The van der Waals surface area contributed by atoms with Crippen molar-refractivity contribution in [3.8, 4) is 5.75 Å². The van der Waals surface area contributed by atoms with Gasteiger partial charge in [-0.15, -0.1) is 11.6 Å². The van der Waals surface area contributed by atoms with Crippen LogP contribution < -0.4 is 4.74 Å². The van der Waals surface area contributed by atoms with Crippen molar-refractivity contribution in [2.75, 3.05) is 19.1 Å². The van der Waals surface area contributed by atoms with Crippen LogP contribution in [0, 0.1) is 0 Å². The Morgan fingerprint density at radius 1 is 0.629 bits per heavy atom. The van der Waals surface area contributed by atoms with E-state index < -0.39 is 0 Å². The number of ether oxygens (including phenoxy) is 2. The Morgan fingerprint density at radius 3 is 1.86 bits per heavy atom. The third-order valence-corrected chi connectivity index (χ3v) is 6.09. The Morgan fingerprint density at radius 2 is 1.23 bits per heavy atom. The second-order valence-electron chi connectivity index (χ2n) is 8.08. The largest absolute Gasteiger partial charge is 0.491 e. The van der Waals surface area contributed by atoms with Gasteiger partial charge in [-0.05, 0) is 64.1 Å². The van der Waals surface area contributed by atoms with Gasteiger partial charge in [-0.3, -0.25) is 0 Å². The summed E-state index contributed by atoms with van der Waals surface area (Å²) in [7, 11) is 0. The number of halogens is 2. The van der Waals surface area contributed by atoms with Gasteiger partial charge in [0.15, 0.2) is 0 Å². The first-order valence-corrected chi connectivity index (χ1v) is 12.6. The van der Waals surface area contributed by atoms with E-state index in [1.54, 1.807) is 0 Å². The van der Waals surface area contributed by atoms with Gasteiger partial charge in [0, 0.05) is 10.9 Å². The zero-order chi connectivity index (χ0) is 24.3. The zero-order valence-corrected chi connectivity index (χ0v) is 21.0. The Bertz CT molecular complexity index is 1200. The van der Waals surface area contributed by atoms with Gasteiger partial charge in [-0.1, -0.05) is 96.5 Å². The summed E-state index contributed by atoms with van der Waals surface area (Å²) in [6.07, 6.45) is 0.751. The molecule has 0 amide bonds. The van der Waals surface area contributed by atoms with E-state index in [-0.39, 0.29) is 0 Å². The van der Waals surface area contributed by atoms with Crippen molar-refractivity contribution in [2.24, 2.45) is 0 Å². The van der Waals surface area contributed by atoms with Crippen molar-refractivity contribution < 1.29 is 9.47 Å². The van der Waals surface area contributed by atoms with Crippen LogP contribution in [0.25, 0.3) is 11.1 Å². The quantitative estimate of drug-likeness (QED) is 0.116. The van der Waals surface area contributed by atoms with Crippen LogP contribution in [0.2, 0.25) is 5.02 Å². The number of hydrogen-bond acceptors (Lipinski definition) is 2. The lowest BCUT2D eigenvalue weighted by molar-refractivity contribution is 0.0889. The number of hydrogen-bond donors (Lipinski definition) is 0. The molecule has 4 rings (SSSR count). The van der Waals surface area contributed by atoms with Gasteiger partial charge in [-0.25, -0.2) is 0 Å². The number of benzene rings is 4. The number of rotatable bonds is 11. The molecule has 178 valence electrons. The third-order valence-electron chi connectivity index (χ3n) is 5.65. The molecule has 0 fully saturated rings. The maximum absolute atomic E-state index is 6.25. The van der Waals surface area contributed by atoms with E-state index in [1.165, 1.54) is 5.57 Å². The minimum atomic E-state index is 0.494. The Kier molecular flexibility index (Phi) is 9.42. The van der Waals surface area contributed by atoms with Crippen molar-refractivity contribution in [3.05, 3.63) is 136 Å². The maximum Gasteiger partial charge on any atom is 0.119 e. The fourth-order valence-corrected chi connectivity index (χ4v) is 4.29. The van der Waals surface area contributed by atoms with Crippen LogP contribution in [-0.2, 0) is 11.3 Å². The van der Waals surface area contributed by atoms with Crippen molar-refractivity contribution in [3.63, 3.8) is 0 Å². The predicted molar refractivity (Wildman–Crippen MR) is 147 cm³/mol. The fourth-order valence-electron chi connectivity index (χ4n) is 3.98. The van der Waals surface area contributed by atoms with Crippen molar-refractivity contribution in [1.82, 2.24) is 0 Å². The highest BCUT2D eigenvalue weighted by atomic mass is 35.5. The SMILES string of the molecule is ClCC/C(=C(/c1ccc(Cl)cc1)c1ccc(OCCOCc2ccccc2)cc1)c1ccccc1. The zero-order valence-electron chi connectivity index (χ0n) is 19.5. The highest BCUT2D eigenvalue weighted by molar-refractivity contribution is 6.30. The topological polar surface area (TPSA) is 18.5 Å². The molecule has 0 unspecified atom stereocenters. The minimum Gasteiger partial charge on any atom is -0.491 e. The molecule has 0 saturated carbocycles. The normalized spacial score (nSPS) is 11.7. The van der Waals surface area contributed by atoms with Gasteiger partial charge in [0.1, 0.15) is 12.4 Å². The molecule has 0 N–H and O–H groups in total. The second-order valence-corrected chi connectivity index (χ2v) is 8.89. The van der Waals surface area contributed by atoms with Crippen molar-refractivity contribution in [2.45, 2.75) is 13.0 Å². The molecule has 0 saturated heterocycles. The standard InChI is InChI=1S/C31H28Cl2O2/c32-20-19-30(25-9-5-2-6-10-25)31(26-11-15-28(33)16-12-26)27-13-17-29(18-14-27)35-22-21-34-23-24-7-3-1-4-8-24/h1-18H,19-23H2/b31-30+. The molecule has 0 aliphatic heterocycles. The van der Waals surface area contributed by atoms with E-state index in [2.05, 4.69) is 60.7 Å². The summed E-state index contributed by atoms with van der Waals surface area (Å²) in [5.74, 6) is 1.34. The van der Waals surface area contributed by atoms with E-state index >= 15 is 0 Å². The average Bonchev–Trinajstić information content (AvgIpc) is 2.91. The molecule has 0 aliphatic carbocycles. The van der Waals surface area contributed by atoms with Gasteiger partial charge >= 0.3 is 0 Å². The summed E-state index contributed by atoms with van der Waals surface area (Å²) in [4.78, 5) is 0. The molecule has 4 heteroatoms. The van der Waals surface area contributed by atoms with Crippen LogP contribution in [-0.4, -0.2) is 19.1 Å². The van der Waals surface area contributed by atoms with Gasteiger partial charge in [0.05, 0.1) is 13.2 Å². The Hall–Kier alpha value is -3.04. The van der Waals surface area contributed by atoms with Crippen molar-refractivity contribution in [1.29, 1.82) is 0 Å². The summed E-state index contributed by atoms with van der Waals surface area (Å²) < 4.78 is 11.6. The molecule has 0 aromatic heterocycles. The molecule has 0 radical (unpaired) electrons. The monoisotopic (exact) mass is 502 g/mol. The van der Waals surface area contributed by atoms with Crippen LogP contribution in [0.15, 0.2) is 109 Å². The van der Waals surface area contributed by atoms with Crippen LogP contribution in [0.1, 0.15) is 28.7 Å². The van der Waals surface area contributed by atoms with Crippen LogP contribution in [0.4, 0.5) is 0 Å². The molecular formula is C31H28Cl2O2. The second kappa shape index (κ2) is 13.2. The smallest absolute Gasteiger partial charge is 0.119 e. The minimum absolute atomic E-state index is 0.494. The summed E-state index contributed by atoms with van der Waals surface area (Å²) in [6, 6.07) is 36.7. The van der Waals surface area contributed by atoms with E-state index in [4.69, 9.17) is 32.7 Å². The molecule has 0 heterocycles. The van der Waals surface area contributed by atoms with Crippen LogP contribution in [0.5, 0.6) is 5.75 Å². The first kappa shape index (κ1) is 25.1. The summed E-state index contributed by atoms with van der Waals surface area (Å²) in [5, 5.41) is 0.713. The summed E-state index contributed by atoms with van der Waals surface area (Å²) in [6.45, 7) is 1.61. The highest BCUT2D eigenvalue weighted by Crippen LogP contribution is 2.35. The van der Waals surface area contributed by atoms with E-state index in [0.29, 0.717) is 30.7 Å². The Balaban J connectivity index is 1.52. The molecule has 2 nitrogen and oxygen atoms in total. The molecule has 4 aromatic carbocycles. The average molecular weight is 503 g/mol. The predicted octanol–water partition coefficient (Wildman–Crippen LogP) is 8.52. The van der Waals surface area contributed by atoms with Crippen LogP contribution in [0.3, 0.4) is 0 Å². The first-order valence-electron chi connectivity index (χ1n) is 11.7. The third kappa shape index (κ3) is 7.22. The van der Waals surface area contributed by atoms with Gasteiger partial charge in [0.25, 0.3) is 0 Å². The lowest BCUT2D eigenvalue weighted by atomic mass is 9.88. The van der Waals surface area contributed by atoms with E-state index in [9.17, 15) is 0 Å². The Labute approximate surface area is 217 Å². The van der Waals surface area contributed by atoms with Gasteiger partial charge < -0.3 is 9.47 Å². The highest BCUT2D eigenvalue weighted by Gasteiger charge is 2.14. The molecule has 0 atom stereocenters. The molecule has 0 aliphatic rings. The van der Waals surface area contributed by atoms with Gasteiger partial charge in [-0.2, -0.15) is 0 Å². The molecule has 35 heavy (non-hydrogen) atoms. The van der Waals surface area contributed by atoms with Crippen LogP contribution >= 0.6 is 23.2 Å². The fraction of sp³-hybridized carbons (Fsp3) is 0.161. The lowest BCUT2D eigenvalue weighted by Crippen LogP contribution is -2.06. The maximum atomic E-state index is 6.25. The van der Waals surface area contributed by atoms with Gasteiger partial charge in [0.2, 0.25) is 0 Å². The molecule has 0 bridgehead atoms. The molecule has 0 spiro atoms. The first-order chi connectivity index (χ1) is 17.2. The summed E-state index contributed by atoms with van der Waals surface area (Å²) >= 11 is 12.4. The summed E-state index contributed by atoms with van der Waals surface area (Å²) in [5.41, 5.74) is 6.86. The van der Waals surface area contributed by atoms with E-state index in [0.717, 1.165) is 40.0 Å². The number of alkyl halides is 1. The molecule has 4 aromatic rings. The van der Waals surface area contributed by atoms with E-state index in [1.807, 2.05) is 48.5 Å². The van der Waals surface area contributed by atoms with Crippen molar-refractivity contribution >= 4 is 34.3 Å². The number of allylic oxidation sites excluding steroid dienone is 1. The molecular weight excluding hydrogens is 475 g/mol.